The van der Waals surface area contributed by atoms with E-state index in [0.29, 0.717) is 30.1 Å². The first-order valence-corrected chi connectivity index (χ1v) is 9.19. The zero-order chi connectivity index (χ0) is 19.9. The summed E-state index contributed by atoms with van der Waals surface area (Å²) in [6.45, 7) is 4.46. The van der Waals surface area contributed by atoms with Crippen molar-refractivity contribution in [2.24, 2.45) is 0 Å². The van der Waals surface area contributed by atoms with Gasteiger partial charge in [-0.3, -0.25) is 4.79 Å². The number of carbonyl (C=O) groups excluding carboxylic acids is 2. The van der Waals surface area contributed by atoms with Gasteiger partial charge >= 0.3 is 11.8 Å². The van der Waals surface area contributed by atoms with Gasteiger partial charge < -0.3 is 4.74 Å². The van der Waals surface area contributed by atoms with Crippen molar-refractivity contribution >= 4 is 17.8 Å². The maximum atomic E-state index is 12.7. The summed E-state index contributed by atoms with van der Waals surface area (Å²) in [7, 11) is 0. The van der Waals surface area contributed by atoms with Crippen LogP contribution in [0.25, 0.3) is 6.08 Å². The summed E-state index contributed by atoms with van der Waals surface area (Å²) in [4.78, 5) is 27.5. The topological polar surface area (TPSA) is 63.0 Å². The molecule has 28 heavy (non-hydrogen) atoms. The van der Waals surface area contributed by atoms with Crippen molar-refractivity contribution in [1.82, 2.24) is 4.98 Å². The van der Waals surface area contributed by atoms with Crippen LogP contribution in [0, 0.1) is 0 Å². The van der Waals surface area contributed by atoms with E-state index in [1.165, 1.54) is 0 Å². The number of hydrogen-bond acceptors (Lipinski definition) is 3. The van der Waals surface area contributed by atoms with Gasteiger partial charge in [0.05, 0.1) is 6.61 Å². The Morgan fingerprint density at radius 3 is 2.46 bits per heavy atom. The maximum absolute atomic E-state index is 12.7. The number of rotatable bonds is 7. The summed E-state index contributed by atoms with van der Waals surface area (Å²) >= 11 is 0. The van der Waals surface area contributed by atoms with Gasteiger partial charge in [-0.15, -0.1) is 0 Å². The standard InChI is InChI=1S/C23H22N2O3/c1-3-28-23(27)17(2)15-18-9-11-19(12-10-18)16-25-14-13-24-22(25)21(26)20-7-5-4-6-8-20/h4-15H,3,16H2,1-2H3/p+1. The van der Waals surface area contributed by atoms with Crippen LogP contribution in [0.5, 0.6) is 0 Å². The van der Waals surface area contributed by atoms with Crippen LogP contribution in [-0.2, 0) is 16.1 Å². The normalized spacial score (nSPS) is 11.3. The molecule has 0 fully saturated rings. The monoisotopic (exact) mass is 375 g/mol. The molecule has 0 amide bonds. The Morgan fingerprint density at radius 1 is 1.07 bits per heavy atom. The van der Waals surface area contributed by atoms with E-state index in [0.717, 1.165) is 11.1 Å². The van der Waals surface area contributed by atoms with E-state index in [2.05, 4.69) is 4.98 Å². The SMILES string of the molecule is CCOC(=O)C(C)=Cc1ccc(C[n+]2cc[nH]c2C(=O)c2ccccc2)cc1. The van der Waals surface area contributed by atoms with E-state index in [1.807, 2.05) is 53.2 Å². The van der Waals surface area contributed by atoms with Gasteiger partial charge in [-0.05, 0) is 31.1 Å². The maximum Gasteiger partial charge on any atom is 0.333 e. The number of ketones is 1. The molecule has 1 heterocycles. The van der Waals surface area contributed by atoms with Crippen molar-refractivity contribution in [2.75, 3.05) is 6.61 Å². The minimum Gasteiger partial charge on any atom is -0.463 e. The predicted octanol–water partition coefficient (Wildman–Crippen LogP) is 3.55. The van der Waals surface area contributed by atoms with Crippen LogP contribution >= 0.6 is 0 Å². The highest BCUT2D eigenvalue weighted by atomic mass is 16.5. The lowest BCUT2D eigenvalue weighted by Gasteiger charge is -2.04. The Kier molecular flexibility index (Phi) is 6.17. The summed E-state index contributed by atoms with van der Waals surface area (Å²) in [5.41, 5.74) is 3.19. The van der Waals surface area contributed by atoms with Crippen molar-refractivity contribution < 1.29 is 18.9 Å². The largest absolute Gasteiger partial charge is 0.463 e. The Hall–Kier alpha value is -3.47. The van der Waals surface area contributed by atoms with Crippen LogP contribution < -0.4 is 4.57 Å². The molecule has 0 atom stereocenters. The molecule has 3 rings (SSSR count). The molecule has 0 aliphatic rings. The smallest absolute Gasteiger partial charge is 0.333 e. The fourth-order valence-electron chi connectivity index (χ4n) is 2.89. The van der Waals surface area contributed by atoms with Gasteiger partial charge in [0.2, 0.25) is 0 Å². The number of carbonyl (C=O) groups is 2. The van der Waals surface area contributed by atoms with Gasteiger partial charge in [-0.1, -0.05) is 54.6 Å². The lowest BCUT2D eigenvalue weighted by Crippen LogP contribution is -2.39. The van der Waals surface area contributed by atoms with Crippen LogP contribution in [0.15, 0.2) is 72.6 Å². The quantitative estimate of drug-likeness (QED) is 0.297. The Labute approximate surface area is 164 Å². The minimum atomic E-state index is -0.307. The number of H-pyrrole nitrogens is 1. The summed E-state index contributed by atoms with van der Waals surface area (Å²) in [6.07, 6.45) is 5.42. The number of imidazole rings is 1. The van der Waals surface area contributed by atoms with Crippen LogP contribution in [0.1, 0.15) is 41.2 Å². The van der Waals surface area contributed by atoms with E-state index >= 15 is 0 Å². The third-order valence-corrected chi connectivity index (χ3v) is 4.33. The molecule has 1 N–H and O–H groups in total. The van der Waals surface area contributed by atoms with E-state index in [-0.39, 0.29) is 11.8 Å². The molecule has 2 aromatic carbocycles. The molecule has 5 heteroatoms. The van der Waals surface area contributed by atoms with Crippen molar-refractivity contribution in [2.45, 2.75) is 20.4 Å². The second-order valence-electron chi connectivity index (χ2n) is 6.42. The fourth-order valence-corrected chi connectivity index (χ4v) is 2.89. The molecular weight excluding hydrogens is 352 g/mol. The molecule has 0 saturated carbocycles. The number of esters is 1. The Bertz CT molecular complexity index is 986. The molecule has 1 aromatic heterocycles. The summed E-state index contributed by atoms with van der Waals surface area (Å²) in [5.74, 6) is 0.182. The predicted molar refractivity (Wildman–Crippen MR) is 107 cm³/mol. The number of nitrogens with one attached hydrogen (secondary N) is 1. The third kappa shape index (κ3) is 4.62. The van der Waals surface area contributed by atoms with Crippen LogP contribution in [0.3, 0.4) is 0 Å². The Balaban J connectivity index is 1.74. The number of nitrogens with zero attached hydrogens (tertiary/aromatic N) is 1. The van der Waals surface area contributed by atoms with Crippen molar-refractivity contribution in [3.05, 3.63) is 95.1 Å². The highest BCUT2D eigenvalue weighted by Gasteiger charge is 2.21. The third-order valence-electron chi connectivity index (χ3n) is 4.33. The molecule has 0 aliphatic heterocycles. The second-order valence-corrected chi connectivity index (χ2v) is 6.42. The van der Waals surface area contributed by atoms with E-state index in [1.54, 1.807) is 38.3 Å². The van der Waals surface area contributed by atoms with Crippen molar-refractivity contribution in [1.29, 1.82) is 0 Å². The molecule has 5 nitrogen and oxygen atoms in total. The summed E-state index contributed by atoms with van der Waals surface area (Å²) < 4.78 is 6.89. The average Bonchev–Trinajstić information content (AvgIpc) is 3.17. The molecular formula is C23H23N2O3+. The number of hydrogen-bond donors (Lipinski definition) is 1. The second kappa shape index (κ2) is 8.95. The van der Waals surface area contributed by atoms with Crippen LogP contribution in [-0.4, -0.2) is 23.3 Å². The fraction of sp³-hybridized carbons (Fsp3) is 0.174. The van der Waals surface area contributed by atoms with Gasteiger partial charge in [-0.2, -0.15) is 0 Å². The molecule has 0 saturated heterocycles. The number of benzene rings is 2. The number of aromatic nitrogens is 2. The van der Waals surface area contributed by atoms with Gasteiger partial charge in [0.25, 0.3) is 5.78 Å². The summed E-state index contributed by atoms with van der Waals surface area (Å²) in [6, 6.07) is 17.1. The highest BCUT2D eigenvalue weighted by molar-refractivity contribution is 6.05. The minimum absolute atomic E-state index is 0.0461. The van der Waals surface area contributed by atoms with Gasteiger partial charge in [0, 0.05) is 11.1 Å². The first-order chi connectivity index (χ1) is 13.6. The molecule has 3 aromatic rings. The Morgan fingerprint density at radius 2 is 1.79 bits per heavy atom. The lowest BCUT2D eigenvalue weighted by molar-refractivity contribution is -0.688. The van der Waals surface area contributed by atoms with Gasteiger partial charge in [-0.25, -0.2) is 14.3 Å². The zero-order valence-electron chi connectivity index (χ0n) is 16.0. The first-order valence-electron chi connectivity index (χ1n) is 9.19. The van der Waals surface area contributed by atoms with Crippen molar-refractivity contribution in [3.8, 4) is 0 Å². The number of ether oxygens (including phenoxy) is 1. The van der Waals surface area contributed by atoms with E-state index in [4.69, 9.17) is 4.74 Å². The molecule has 0 bridgehead atoms. The molecule has 142 valence electrons. The number of aromatic amines is 1. The molecule has 0 unspecified atom stereocenters. The van der Waals surface area contributed by atoms with E-state index in [9.17, 15) is 9.59 Å². The first kappa shape index (κ1) is 19.3. The van der Waals surface area contributed by atoms with Gasteiger partial charge in [0.15, 0.2) is 0 Å². The van der Waals surface area contributed by atoms with Gasteiger partial charge in [0.1, 0.15) is 18.9 Å². The zero-order valence-corrected chi connectivity index (χ0v) is 16.0. The molecule has 0 spiro atoms. The molecule has 0 radical (unpaired) electrons. The summed E-state index contributed by atoms with van der Waals surface area (Å²) in [5, 5.41) is 0. The lowest BCUT2D eigenvalue weighted by atomic mass is 10.1. The van der Waals surface area contributed by atoms with Crippen LogP contribution in [0.2, 0.25) is 0 Å². The molecule has 0 aliphatic carbocycles. The average molecular weight is 375 g/mol. The van der Waals surface area contributed by atoms with E-state index < -0.39 is 0 Å². The van der Waals surface area contributed by atoms with Crippen molar-refractivity contribution in [3.63, 3.8) is 0 Å². The van der Waals surface area contributed by atoms with Crippen LogP contribution in [0.4, 0.5) is 0 Å². The highest BCUT2D eigenvalue weighted by Crippen LogP contribution is 2.11.